The molecule has 0 radical (unpaired) electrons. The van der Waals surface area contributed by atoms with Crippen LogP contribution < -0.4 is 15.5 Å². The van der Waals surface area contributed by atoms with Gasteiger partial charge in [0, 0.05) is 41.8 Å². The Morgan fingerprint density at radius 3 is 2.67 bits per heavy atom. The summed E-state index contributed by atoms with van der Waals surface area (Å²) in [6.07, 6.45) is 2.57. The van der Waals surface area contributed by atoms with Crippen molar-refractivity contribution < 1.29 is 14.6 Å². The molecule has 0 aliphatic carbocycles. The van der Waals surface area contributed by atoms with Crippen LogP contribution in [0.4, 0.5) is 5.69 Å². The van der Waals surface area contributed by atoms with Crippen molar-refractivity contribution in [3.05, 3.63) is 112 Å². The monoisotopic (exact) mass is 599 g/mol. The molecule has 0 saturated heterocycles. The molecule has 9 nitrogen and oxygen atoms in total. The molecule has 4 aromatic carbocycles. The van der Waals surface area contributed by atoms with E-state index < -0.39 is 0 Å². The van der Waals surface area contributed by atoms with Crippen LogP contribution in [0.15, 0.2) is 90.0 Å². The Bertz CT molecular complexity index is 2240. The Balaban J connectivity index is 0.999. The Labute approximate surface area is 259 Å². The fourth-order valence-corrected chi connectivity index (χ4v) is 6.12. The predicted molar refractivity (Wildman–Crippen MR) is 178 cm³/mol. The van der Waals surface area contributed by atoms with E-state index >= 15 is 0 Å². The molecule has 0 aliphatic rings. The van der Waals surface area contributed by atoms with Crippen LogP contribution in [0.25, 0.3) is 38.2 Å². The highest BCUT2D eigenvalue weighted by Crippen LogP contribution is 2.29. The number of aromatic nitrogens is 3. The second kappa shape index (κ2) is 11.6. The molecule has 0 unspecified atom stereocenters. The summed E-state index contributed by atoms with van der Waals surface area (Å²) in [6.45, 7) is 5.33. The van der Waals surface area contributed by atoms with E-state index in [-0.39, 0.29) is 17.0 Å². The number of hydrogen-bond donors (Lipinski definition) is 3. The van der Waals surface area contributed by atoms with Crippen LogP contribution in [0, 0.1) is 0 Å². The molecular formula is C36H33N5O4. The number of anilines is 1. The van der Waals surface area contributed by atoms with E-state index in [4.69, 9.17) is 4.74 Å². The summed E-state index contributed by atoms with van der Waals surface area (Å²) >= 11 is 0. The van der Waals surface area contributed by atoms with Crippen LogP contribution in [0.1, 0.15) is 28.5 Å². The van der Waals surface area contributed by atoms with Crippen LogP contribution >= 0.6 is 0 Å². The van der Waals surface area contributed by atoms with Crippen LogP contribution in [0.5, 0.6) is 11.5 Å². The number of aromatic hydroxyl groups is 1. The van der Waals surface area contributed by atoms with E-state index in [1.54, 1.807) is 25.6 Å². The molecule has 0 bridgehead atoms. The number of fused-ring (bicyclic) bond motifs is 3. The molecular weight excluding hydrogens is 566 g/mol. The summed E-state index contributed by atoms with van der Waals surface area (Å²) < 4.78 is 7.21. The van der Waals surface area contributed by atoms with Crippen LogP contribution in [-0.2, 0) is 6.42 Å². The van der Waals surface area contributed by atoms with E-state index in [2.05, 4.69) is 27.1 Å². The first-order chi connectivity index (χ1) is 21.9. The largest absolute Gasteiger partial charge is 0.508 e. The highest BCUT2D eigenvalue weighted by molar-refractivity contribution is 6.10. The number of nitrogens with zero attached hydrogens (tertiary/aromatic N) is 3. The molecule has 0 fully saturated rings. The summed E-state index contributed by atoms with van der Waals surface area (Å²) in [5.41, 5.74) is 6.15. The molecule has 7 aromatic rings. The number of rotatable bonds is 11. The molecule has 0 saturated carbocycles. The summed E-state index contributed by atoms with van der Waals surface area (Å²) in [5.74, 6) is 0.768. The summed E-state index contributed by atoms with van der Waals surface area (Å²) in [4.78, 5) is 36.8. The second-order valence-electron chi connectivity index (χ2n) is 11.3. The lowest BCUT2D eigenvalue weighted by atomic mass is 10.0. The van der Waals surface area contributed by atoms with Gasteiger partial charge in [0.15, 0.2) is 5.43 Å². The molecule has 9 heteroatoms. The SMILES string of the molecule is CCN(CCNc1ccc2ncn3c4ccc(O)cc4c(=O)c1c23)CCc1ccc(C(=O)c2cc3cc(OC)ccc3[nH]2)cc1. The van der Waals surface area contributed by atoms with E-state index in [1.165, 1.54) is 6.07 Å². The van der Waals surface area contributed by atoms with E-state index in [0.717, 1.165) is 70.5 Å². The number of imidazole rings is 1. The number of methoxy groups -OCH3 is 1. The molecule has 0 amide bonds. The summed E-state index contributed by atoms with van der Waals surface area (Å²) in [6, 6.07) is 24.1. The quantitative estimate of drug-likeness (QED) is 0.127. The van der Waals surface area contributed by atoms with Gasteiger partial charge in [0.2, 0.25) is 5.78 Å². The fourth-order valence-electron chi connectivity index (χ4n) is 6.12. The van der Waals surface area contributed by atoms with Crippen molar-refractivity contribution in [2.45, 2.75) is 13.3 Å². The van der Waals surface area contributed by atoms with Crippen molar-refractivity contribution in [3.63, 3.8) is 0 Å². The third-order valence-electron chi connectivity index (χ3n) is 8.62. The first-order valence-corrected chi connectivity index (χ1v) is 15.1. The molecule has 7 rings (SSSR count). The number of phenolic OH excluding ortho intramolecular Hbond substituents is 1. The first kappa shape index (κ1) is 28.4. The Morgan fingerprint density at radius 1 is 1.02 bits per heavy atom. The van der Waals surface area contributed by atoms with Crippen molar-refractivity contribution in [1.29, 1.82) is 0 Å². The zero-order valence-corrected chi connectivity index (χ0v) is 25.1. The molecule has 0 atom stereocenters. The summed E-state index contributed by atoms with van der Waals surface area (Å²) in [7, 11) is 1.63. The number of H-pyrrole nitrogens is 1. The van der Waals surface area contributed by atoms with E-state index in [0.29, 0.717) is 28.6 Å². The maximum Gasteiger partial charge on any atom is 0.209 e. The number of aromatic amines is 1. The van der Waals surface area contributed by atoms with E-state index in [1.807, 2.05) is 65.1 Å². The van der Waals surface area contributed by atoms with Crippen molar-refractivity contribution in [2.75, 3.05) is 38.6 Å². The molecule has 226 valence electrons. The number of phenols is 1. The standard InChI is InChI=1S/C36H33N5O4/c1-3-40(16-14-22-4-6-23(7-5-22)35(43)31-19-24-18-26(45-2)9-10-28(24)39-31)17-15-37-29-11-12-30-34-33(29)36(44)27-20-25(42)8-13-32(27)41(34)21-38-30/h4-13,18-21,37,39,42H,3,14-17H2,1-2H3. The predicted octanol–water partition coefficient (Wildman–Crippen LogP) is 5.84. The second-order valence-corrected chi connectivity index (χ2v) is 11.3. The number of ether oxygens (including phenoxy) is 1. The smallest absolute Gasteiger partial charge is 0.209 e. The lowest BCUT2D eigenvalue weighted by molar-refractivity contribution is 0.103. The normalized spacial score (nSPS) is 11.8. The van der Waals surface area contributed by atoms with Gasteiger partial charge in [-0.15, -0.1) is 0 Å². The van der Waals surface area contributed by atoms with Gasteiger partial charge < -0.3 is 25.0 Å². The summed E-state index contributed by atoms with van der Waals surface area (Å²) in [5, 5.41) is 15.5. The van der Waals surface area contributed by atoms with Gasteiger partial charge in [0.05, 0.1) is 40.1 Å². The number of benzene rings is 4. The first-order valence-electron chi connectivity index (χ1n) is 15.1. The number of ketones is 1. The lowest BCUT2D eigenvalue weighted by Gasteiger charge is -2.21. The molecule has 3 heterocycles. The third kappa shape index (κ3) is 5.21. The van der Waals surface area contributed by atoms with Gasteiger partial charge in [0.1, 0.15) is 17.8 Å². The molecule has 45 heavy (non-hydrogen) atoms. The number of hydrogen-bond acceptors (Lipinski definition) is 7. The highest BCUT2D eigenvalue weighted by Gasteiger charge is 2.17. The Hall–Kier alpha value is -5.41. The Morgan fingerprint density at radius 2 is 1.87 bits per heavy atom. The van der Waals surface area contributed by atoms with Gasteiger partial charge in [-0.1, -0.05) is 31.2 Å². The minimum absolute atomic E-state index is 0.0444. The topological polar surface area (TPSA) is 112 Å². The maximum atomic E-state index is 13.6. The fraction of sp³-hybridized carbons (Fsp3) is 0.194. The van der Waals surface area contributed by atoms with Crippen LogP contribution in [0.2, 0.25) is 0 Å². The minimum atomic E-state index is -0.124. The van der Waals surface area contributed by atoms with Gasteiger partial charge in [-0.2, -0.15) is 0 Å². The van der Waals surface area contributed by atoms with Gasteiger partial charge in [0.25, 0.3) is 0 Å². The average molecular weight is 600 g/mol. The van der Waals surface area contributed by atoms with Gasteiger partial charge >= 0.3 is 0 Å². The number of pyridine rings is 1. The number of carbonyl (C=O) groups is 1. The number of nitrogens with one attached hydrogen (secondary N) is 2. The van der Waals surface area contributed by atoms with Gasteiger partial charge in [-0.05, 0) is 73.1 Å². The van der Waals surface area contributed by atoms with Crippen LogP contribution in [0.3, 0.4) is 0 Å². The number of carbonyl (C=O) groups excluding carboxylic acids is 1. The van der Waals surface area contributed by atoms with Crippen molar-refractivity contribution in [1.82, 2.24) is 19.3 Å². The highest BCUT2D eigenvalue weighted by atomic mass is 16.5. The average Bonchev–Trinajstić information content (AvgIpc) is 3.70. The van der Waals surface area contributed by atoms with Crippen LogP contribution in [-0.4, -0.2) is 63.4 Å². The third-order valence-corrected chi connectivity index (χ3v) is 8.62. The van der Waals surface area contributed by atoms with Gasteiger partial charge in [-0.25, -0.2) is 4.98 Å². The zero-order chi connectivity index (χ0) is 31.1. The Kier molecular flexibility index (Phi) is 7.31. The molecule has 0 spiro atoms. The molecule has 3 N–H and O–H groups in total. The minimum Gasteiger partial charge on any atom is -0.508 e. The maximum absolute atomic E-state index is 13.6. The molecule has 0 aliphatic heterocycles. The van der Waals surface area contributed by atoms with Crippen molar-refractivity contribution in [2.24, 2.45) is 0 Å². The van der Waals surface area contributed by atoms with Crippen molar-refractivity contribution >= 4 is 49.7 Å². The molecule has 3 aromatic heterocycles. The van der Waals surface area contributed by atoms with Crippen molar-refractivity contribution in [3.8, 4) is 11.5 Å². The number of likely N-dealkylation sites (N-methyl/N-ethyl adjacent to an activating group) is 1. The zero-order valence-electron chi connectivity index (χ0n) is 25.1. The lowest BCUT2D eigenvalue weighted by Crippen LogP contribution is -2.31. The van der Waals surface area contributed by atoms with Gasteiger partial charge in [-0.3, -0.25) is 14.0 Å². The van der Waals surface area contributed by atoms with E-state index in [9.17, 15) is 14.7 Å².